The second-order valence-electron chi connectivity index (χ2n) is 8.62. The highest BCUT2D eigenvalue weighted by atomic mass is 32.1. The Balaban J connectivity index is 1.43. The molecule has 2 aliphatic heterocycles. The minimum Gasteiger partial charge on any atom is -0.370 e. The number of nitrogens with zero attached hydrogens (tertiary/aromatic N) is 4. The quantitative estimate of drug-likeness (QED) is 0.752. The van der Waals surface area contributed by atoms with E-state index >= 15 is 0 Å². The topological polar surface area (TPSA) is 67.2 Å². The van der Waals surface area contributed by atoms with Gasteiger partial charge < -0.3 is 9.64 Å². The van der Waals surface area contributed by atoms with Gasteiger partial charge in [0.1, 0.15) is 11.2 Å². The molecule has 1 spiro atoms. The third-order valence-corrected chi connectivity index (χ3v) is 7.68. The average molecular weight is 417 g/mol. The summed E-state index contributed by atoms with van der Waals surface area (Å²) >= 11 is 1.46. The smallest absolute Gasteiger partial charge is 0.271 e. The van der Waals surface area contributed by atoms with Crippen molar-refractivity contribution in [3.63, 3.8) is 0 Å². The molecule has 3 fully saturated rings. The van der Waals surface area contributed by atoms with Gasteiger partial charge in [-0.1, -0.05) is 12.8 Å². The zero-order chi connectivity index (χ0) is 20.0. The molecule has 0 aromatic carbocycles. The van der Waals surface area contributed by atoms with E-state index in [0.29, 0.717) is 30.7 Å². The van der Waals surface area contributed by atoms with Gasteiger partial charge >= 0.3 is 0 Å². The first-order valence-corrected chi connectivity index (χ1v) is 11.5. The van der Waals surface area contributed by atoms with Gasteiger partial charge in [-0.3, -0.25) is 18.9 Å². The van der Waals surface area contributed by atoms with Crippen molar-refractivity contribution in [2.75, 3.05) is 32.8 Å². The summed E-state index contributed by atoms with van der Waals surface area (Å²) in [7, 11) is 0. The third-order valence-electron chi connectivity index (χ3n) is 6.77. The molecule has 8 heteroatoms. The first kappa shape index (κ1) is 19.2. The molecule has 2 unspecified atom stereocenters. The number of fused-ring (bicyclic) bond motifs is 1. The number of aryl methyl sites for hydroxylation is 1. The maximum Gasteiger partial charge on any atom is 0.271 e. The molecule has 3 aliphatic rings. The lowest BCUT2D eigenvalue weighted by molar-refractivity contribution is -0.156. The zero-order valence-corrected chi connectivity index (χ0v) is 17.7. The van der Waals surface area contributed by atoms with Crippen LogP contribution in [0.1, 0.15) is 53.8 Å². The van der Waals surface area contributed by atoms with E-state index in [0.717, 1.165) is 37.2 Å². The monoisotopic (exact) mass is 416 g/mol. The zero-order valence-electron chi connectivity index (χ0n) is 16.9. The summed E-state index contributed by atoms with van der Waals surface area (Å²) in [5.41, 5.74) is -0.418. The highest BCUT2D eigenvalue weighted by molar-refractivity contribution is 7.16. The molecule has 1 saturated carbocycles. The van der Waals surface area contributed by atoms with E-state index in [1.54, 1.807) is 6.20 Å². The van der Waals surface area contributed by atoms with Crippen LogP contribution >= 0.6 is 11.3 Å². The predicted molar refractivity (Wildman–Crippen MR) is 112 cm³/mol. The molecule has 1 aliphatic carbocycles. The molecular formula is C21H28N4O3S. The fraction of sp³-hybridized carbons (Fsp3) is 0.667. The van der Waals surface area contributed by atoms with Crippen molar-refractivity contribution in [2.45, 2.75) is 57.1 Å². The van der Waals surface area contributed by atoms with Crippen molar-refractivity contribution < 1.29 is 9.53 Å². The highest BCUT2D eigenvalue weighted by Gasteiger charge is 2.49. The van der Waals surface area contributed by atoms with Crippen LogP contribution in [0, 0.1) is 6.92 Å². The van der Waals surface area contributed by atoms with Crippen LogP contribution < -0.4 is 5.56 Å². The lowest BCUT2D eigenvalue weighted by Crippen LogP contribution is -2.64. The van der Waals surface area contributed by atoms with E-state index in [2.05, 4.69) is 9.88 Å². The fourth-order valence-electron chi connectivity index (χ4n) is 5.41. The maximum absolute atomic E-state index is 13.3. The minimum atomic E-state index is -0.302. The van der Waals surface area contributed by atoms with E-state index in [4.69, 9.17) is 4.74 Å². The van der Waals surface area contributed by atoms with Crippen LogP contribution in [0.3, 0.4) is 0 Å². The Kier molecular flexibility index (Phi) is 4.96. The van der Waals surface area contributed by atoms with E-state index in [1.165, 1.54) is 41.2 Å². The normalized spacial score (nSPS) is 28.4. The molecule has 156 valence electrons. The Bertz CT molecular complexity index is 976. The van der Waals surface area contributed by atoms with Crippen molar-refractivity contribution in [1.29, 1.82) is 0 Å². The first-order chi connectivity index (χ1) is 14.1. The Hall–Kier alpha value is -1.77. The molecule has 2 atom stereocenters. The van der Waals surface area contributed by atoms with Crippen molar-refractivity contribution in [3.05, 3.63) is 33.2 Å². The van der Waals surface area contributed by atoms with Gasteiger partial charge in [-0.25, -0.2) is 4.98 Å². The van der Waals surface area contributed by atoms with Crippen molar-refractivity contribution in [3.8, 4) is 0 Å². The SMILES string of the molecule is Cc1cn2c(=O)c(C(=O)N3CCOC4(CCCCC4N4CCCC4)C3)cnc2s1. The Morgan fingerprint density at radius 2 is 2.07 bits per heavy atom. The average Bonchev–Trinajstić information content (AvgIpc) is 3.38. The molecule has 2 aromatic rings. The van der Waals surface area contributed by atoms with Crippen molar-refractivity contribution in [1.82, 2.24) is 19.2 Å². The number of carbonyl (C=O) groups excluding carboxylic acids is 1. The number of hydrogen-bond donors (Lipinski definition) is 0. The summed E-state index contributed by atoms with van der Waals surface area (Å²) in [5.74, 6) is -0.214. The van der Waals surface area contributed by atoms with Gasteiger partial charge in [0, 0.05) is 29.9 Å². The van der Waals surface area contributed by atoms with E-state index in [9.17, 15) is 9.59 Å². The largest absolute Gasteiger partial charge is 0.370 e. The summed E-state index contributed by atoms with van der Waals surface area (Å²) in [5, 5.41) is 0. The Labute approximate surface area is 174 Å². The number of morpholine rings is 1. The van der Waals surface area contributed by atoms with Crippen LogP contribution in [0.4, 0.5) is 0 Å². The molecule has 0 bridgehead atoms. The molecule has 7 nitrogen and oxygen atoms in total. The number of aromatic nitrogens is 2. The molecule has 0 N–H and O–H groups in total. The molecule has 4 heterocycles. The number of hydrogen-bond acceptors (Lipinski definition) is 6. The fourth-order valence-corrected chi connectivity index (χ4v) is 6.19. The second-order valence-corrected chi connectivity index (χ2v) is 9.83. The first-order valence-electron chi connectivity index (χ1n) is 10.7. The van der Waals surface area contributed by atoms with E-state index in [1.807, 2.05) is 11.8 Å². The molecule has 2 saturated heterocycles. The van der Waals surface area contributed by atoms with E-state index in [-0.39, 0.29) is 22.6 Å². The van der Waals surface area contributed by atoms with Crippen LogP contribution in [0.25, 0.3) is 4.96 Å². The number of amides is 1. The van der Waals surface area contributed by atoms with Crippen LogP contribution in [0.5, 0.6) is 0 Å². The molecule has 5 rings (SSSR count). The standard InChI is InChI=1S/C21H28N4O3S/c1-15-13-25-19(27)16(12-22-20(25)29-15)18(26)24-10-11-28-21(14-24)7-3-2-6-17(21)23-8-4-5-9-23/h12-13,17H,2-11,14H2,1H3. The van der Waals surface area contributed by atoms with Gasteiger partial charge in [0.15, 0.2) is 4.96 Å². The Morgan fingerprint density at radius 1 is 1.24 bits per heavy atom. The van der Waals surface area contributed by atoms with Crippen molar-refractivity contribution in [2.24, 2.45) is 0 Å². The number of thiazole rings is 1. The van der Waals surface area contributed by atoms with Crippen LogP contribution in [-0.2, 0) is 4.74 Å². The number of ether oxygens (including phenoxy) is 1. The number of rotatable bonds is 2. The van der Waals surface area contributed by atoms with Crippen LogP contribution in [-0.4, -0.2) is 69.5 Å². The predicted octanol–water partition coefficient (Wildman–Crippen LogP) is 2.31. The van der Waals surface area contributed by atoms with Gasteiger partial charge in [0.2, 0.25) is 0 Å². The number of likely N-dealkylation sites (tertiary alicyclic amines) is 1. The molecule has 0 radical (unpaired) electrons. The summed E-state index contributed by atoms with van der Waals surface area (Å²) in [6.45, 7) is 5.82. The second kappa shape index (κ2) is 7.49. The molecular weight excluding hydrogens is 388 g/mol. The van der Waals surface area contributed by atoms with E-state index < -0.39 is 0 Å². The summed E-state index contributed by atoms with van der Waals surface area (Å²) in [6.07, 6.45) is 10.2. The minimum absolute atomic E-state index is 0.158. The van der Waals surface area contributed by atoms with Crippen LogP contribution in [0.2, 0.25) is 0 Å². The molecule has 1 amide bonds. The summed E-state index contributed by atoms with van der Waals surface area (Å²) in [4.78, 5) is 36.6. The lowest BCUT2D eigenvalue weighted by atomic mass is 9.78. The van der Waals surface area contributed by atoms with Gasteiger partial charge in [0.05, 0.1) is 13.2 Å². The lowest BCUT2D eigenvalue weighted by Gasteiger charge is -2.52. The van der Waals surface area contributed by atoms with Crippen LogP contribution in [0.15, 0.2) is 17.2 Å². The van der Waals surface area contributed by atoms with Gasteiger partial charge in [-0.15, -0.1) is 11.3 Å². The third kappa shape index (κ3) is 3.31. The van der Waals surface area contributed by atoms with Gasteiger partial charge in [0.25, 0.3) is 11.5 Å². The molecule has 29 heavy (non-hydrogen) atoms. The summed E-state index contributed by atoms with van der Waals surface area (Å²) < 4.78 is 7.92. The Morgan fingerprint density at radius 3 is 2.90 bits per heavy atom. The van der Waals surface area contributed by atoms with Gasteiger partial charge in [-0.05, 0) is 45.7 Å². The van der Waals surface area contributed by atoms with Crippen molar-refractivity contribution >= 4 is 22.2 Å². The summed E-state index contributed by atoms with van der Waals surface area (Å²) in [6, 6.07) is 0.371. The molecule has 2 aromatic heterocycles. The maximum atomic E-state index is 13.3. The highest BCUT2D eigenvalue weighted by Crippen LogP contribution is 2.39. The van der Waals surface area contributed by atoms with Gasteiger partial charge in [-0.2, -0.15) is 0 Å². The number of carbonyl (C=O) groups is 1.